The SMILES string of the molecule is C[C@H](COC1c2ccccc2C=Cc2ccc(/C=C/c3ccc4cc(F)c(Cl)cc4n3)cc21)C(=O)[O-].[Na+]. The molecule has 1 aromatic heterocycles. The Balaban J connectivity index is 0.00000320. The van der Waals surface area contributed by atoms with E-state index in [4.69, 9.17) is 16.3 Å². The maximum absolute atomic E-state index is 13.7. The molecule has 0 radical (unpaired) electrons. The van der Waals surface area contributed by atoms with Crippen molar-refractivity contribution in [2.24, 2.45) is 5.92 Å². The minimum atomic E-state index is -1.14. The van der Waals surface area contributed by atoms with Crippen LogP contribution < -0.4 is 34.7 Å². The summed E-state index contributed by atoms with van der Waals surface area (Å²) in [5.74, 6) is -2.35. The zero-order chi connectivity index (χ0) is 25.2. The Morgan fingerprint density at radius 1 is 1.05 bits per heavy atom. The predicted octanol–water partition coefficient (Wildman–Crippen LogP) is 3.18. The van der Waals surface area contributed by atoms with Crippen molar-refractivity contribution in [2.45, 2.75) is 13.0 Å². The third-order valence-corrected chi connectivity index (χ3v) is 6.52. The zero-order valence-corrected chi connectivity index (χ0v) is 23.2. The minimum Gasteiger partial charge on any atom is -0.550 e. The summed E-state index contributed by atoms with van der Waals surface area (Å²) in [5, 5.41) is 12.0. The summed E-state index contributed by atoms with van der Waals surface area (Å²) in [6.45, 7) is 1.61. The number of ether oxygens (including phenoxy) is 1. The van der Waals surface area contributed by atoms with Crippen LogP contribution in [0.15, 0.2) is 66.7 Å². The van der Waals surface area contributed by atoms with Gasteiger partial charge in [0.25, 0.3) is 0 Å². The number of carboxylic acid groups (broad SMARTS) is 1. The molecule has 4 nitrogen and oxygen atoms in total. The van der Waals surface area contributed by atoms with Crippen molar-refractivity contribution in [1.29, 1.82) is 0 Å². The summed E-state index contributed by atoms with van der Waals surface area (Å²) in [5.41, 5.74) is 6.19. The molecule has 4 aromatic rings. The largest absolute Gasteiger partial charge is 1.00 e. The van der Waals surface area contributed by atoms with Crippen LogP contribution in [0.1, 0.15) is 46.5 Å². The summed E-state index contributed by atoms with van der Waals surface area (Å²) in [6.07, 6.45) is 7.48. The van der Waals surface area contributed by atoms with E-state index in [-0.39, 0.29) is 41.2 Å². The average Bonchev–Trinajstić information content (AvgIpc) is 3.03. The van der Waals surface area contributed by atoms with E-state index in [1.807, 2.05) is 78.9 Å². The monoisotopic (exact) mass is 521 g/mol. The normalized spacial score (nSPS) is 15.1. The number of benzene rings is 3. The molecule has 3 aromatic carbocycles. The topological polar surface area (TPSA) is 62.2 Å². The van der Waals surface area contributed by atoms with Gasteiger partial charge in [-0.1, -0.05) is 79.2 Å². The first-order valence-electron chi connectivity index (χ1n) is 11.6. The fourth-order valence-corrected chi connectivity index (χ4v) is 4.38. The van der Waals surface area contributed by atoms with Gasteiger partial charge in [0.15, 0.2) is 0 Å². The molecule has 0 fully saturated rings. The van der Waals surface area contributed by atoms with Crippen LogP contribution >= 0.6 is 11.6 Å². The number of hydrogen-bond acceptors (Lipinski definition) is 4. The molecular formula is C30H22ClFNNaO3. The van der Waals surface area contributed by atoms with Crippen molar-refractivity contribution in [2.75, 3.05) is 6.61 Å². The van der Waals surface area contributed by atoms with E-state index < -0.39 is 23.8 Å². The van der Waals surface area contributed by atoms with E-state index in [1.54, 1.807) is 6.92 Å². The molecule has 0 amide bonds. The second kappa shape index (κ2) is 11.7. The maximum Gasteiger partial charge on any atom is 1.00 e. The fraction of sp³-hybridized carbons (Fsp3) is 0.133. The minimum absolute atomic E-state index is 0. The van der Waals surface area contributed by atoms with Gasteiger partial charge < -0.3 is 14.6 Å². The van der Waals surface area contributed by atoms with Gasteiger partial charge in [-0.3, -0.25) is 0 Å². The van der Waals surface area contributed by atoms with E-state index in [0.717, 1.165) is 27.8 Å². The Morgan fingerprint density at radius 3 is 2.59 bits per heavy atom. The molecule has 1 heterocycles. The standard InChI is InChI=1S/C30H23ClFNO3.Na/c1-18(30(34)35)17-36-29-24-5-3-2-4-20(24)9-10-21-8-6-19(14-25(21)29)7-12-23-13-11-22-15-27(32)26(31)16-28(22)33-23;/h2-16,18,29H,17H2,1H3,(H,34,35);/q;+1/p-1/b12-7+;/t18-,29?;/m1./s1. The summed E-state index contributed by atoms with van der Waals surface area (Å²) >= 11 is 5.92. The first-order chi connectivity index (χ1) is 17.4. The number of carboxylic acids is 1. The Kier molecular flexibility index (Phi) is 8.63. The molecule has 2 atom stereocenters. The van der Waals surface area contributed by atoms with Crippen LogP contribution in [0.4, 0.5) is 4.39 Å². The van der Waals surface area contributed by atoms with Crippen LogP contribution in [-0.2, 0) is 9.53 Å². The summed E-state index contributed by atoms with van der Waals surface area (Å²) < 4.78 is 19.9. The quantitative estimate of drug-likeness (QED) is 0.366. The summed E-state index contributed by atoms with van der Waals surface area (Å²) in [7, 11) is 0. The van der Waals surface area contributed by atoms with Crippen molar-refractivity contribution in [3.05, 3.63) is 111 Å². The number of aliphatic carboxylic acids is 1. The van der Waals surface area contributed by atoms with Crippen LogP contribution in [0.3, 0.4) is 0 Å². The second-order valence-corrected chi connectivity index (χ2v) is 9.22. The maximum atomic E-state index is 13.7. The molecular weight excluding hydrogens is 500 g/mol. The molecule has 5 rings (SSSR count). The predicted molar refractivity (Wildman–Crippen MR) is 139 cm³/mol. The number of pyridine rings is 1. The molecule has 1 aliphatic carbocycles. The Morgan fingerprint density at radius 2 is 1.81 bits per heavy atom. The van der Waals surface area contributed by atoms with E-state index in [0.29, 0.717) is 16.6 Å². The van der Waals surface area contributed by atoms with Gasteiger partial charge in [0.05, 0.1) is 22.8 Å². The van der Waals surface area contributed by atoms with Crippen molar-refractivity contribution in [3.8, 4) is 0 Å². The first-order valence-corrected chi connectivity index (χ1v) is 11.9. The smallest absolute Gasteiger partial charge is 0.550 e. The van der Waals surface area contributed by atoms with Gasteiger partial charge in [-0.05, 0) is 58.2 Å². The number of carbonyl (C=O) groups is 1. The number of halogens is 2. The van der Waals surface area contributed by atoms with Gasteiger partial charge >= 0.3 is 29.6 Å². The first kappa shape index (κ1) is 27.2. The molecule has 1 aliphatic rings. The van der Waals surface area contributed by atoms with Crippen molar-refractivity contribution < 1.29 is 48.6 Å². The van der Waals surface area contributed by atoms with E-state index >= 15 is 0 Å². The molecule has 0 saturated carbocycles. The van der Waals surface area contributed by atoms with Gasteiger partial charge in [-0.15, -0.1) is 0 Å². The van der Waals surface area contributed by atoms with E-state index in [1.165, 1.54) is 12.1 Å². The Labute approximate surface area is 241 Å². The molecule has 37 heavy (non-hydrogen) atoms. The molecule has 0 spiro atoms. The van der Waals surface area contributed by atoms with Crippen molar-refractivity contribution >= 4 is 52.8 Å². The van der Waals surface area contributed by atoms with E-state index in [2.05, 4.69) is 4.98 Å². The number of carbonyl (C=O) groups excluding carboxylic acids is 1. The fourth-order valence-electron chi connectivity index (χ4n) is 4.22. The molecule has 0 bridgehead atoms. The van der Waals surface area contributed by atoms with Crippen molar-refractivity contribution in [1.82, 2.24) is 4.98 Å². The Bertz CT molecular complexity index is 1540. The molecule has 0 saturated heterocycles. The van der Waals surface area contributed by atoms with Gasteiger partial charge in [-0.25, -0.2) is 9.37 Å². The average molecular weight is 522 g/mol. The number of nitrogens with zero attached hydrogens (tertiary/aromatic N) is 1. The number of rotatable bonds is 6. The Hall–Kier alpha value is -2.80. The molecule has 1 unspecified atom stereocenters. The van der Waals surface area contributed by atoms with Crippen LogP contribution in [-0.4, -0.2) is 17.6 Å². The van der Waals surface area contributed by atoms with Crippen LogP contribution in [0.2, 0.25) is 5.02 Å². The van der Waals surface area contributed by atoms with Gasteiger partial charge in [0.1, 0.15) is 11.9 Å². The van der Waals surface area contributed by atoms with Gasteiger partial charge in [0.2, 0.25) is 0 Å². The third-order valence-electron chi connectivity index (χ3n) is 6.23. The van der Waals surface area contributed by atoms with Crippen molar-refractivity contribution in [3.63, 3.8) is 0 Å². The molecule has 180 valence electrons. The summed E-state index contributed by atoms with van der Waals surface area (Å²) in [4.78, 5) is 15.8. The molecule has 7 heteroatoms. The second-order valence-electron chi connectivity index (χ2n) is 8.81. The van der Waals surface area contributed by atoms with Gasteiger partial charge in [-0.2, -0.15) is 0 Å². The number of hydrogen-bond donors (Lipinski definition) is 0. The number of fused-ring (bicyclic) bond motifs is 3. The molecule has 0 aliphatic heterocycles. The zero-order valence-electron chi connectivity index (χ0n) is 20.4. The van der Waals surface area contributed by atoms with Crippen LogP contribution in [0, 0.1) is 11.7 Å². The van der Waals surface area contributed by atoms with E-state index in [9.17, 15) is 14.3 Å². The van der Waals surface area contributed by atoms with Crippen LogP contribution in [0.25, 0.3) is 35.2 Å². The summed E-state index contributed by atoms with van der Waals surface area (Å²) in [6, 6.07) is 20.5. The molecule has 0 N–H and O–H groups in total. The number of aromatic nitrogens is 1. The van der Waals surface area contributed by atoms with Gasteiger partial charge in [0, 0.05) is 17.3 Å². The van der Waals surface area contributed by atoms with Crippen LogP contribution in [0.5, 0.6) is 0 Å². The third kappa shape index (κ3) is 6.03.